The van der Waals surface area contributed by atoms with Crippen molar-refractivity contribution in [3.05, 3.63) is 304 Å². The van der Waals surface area contributed by atoms with E-state index in [1.807, 2.05) is 0 Å². The molecule has 1 nitrogen and oxygen atoms in total. The normalized spacial score (nSPS) is 14.9. The molecule has 0 heterocycles. The Kier molecular flexibility index (Phi) is 8.45. The molecule has 3 aliphatic carbocycles. The first-order chi connectivity index (χ1) is 32.5. The molecule has 0 aromatic heterocycles. The molecule has 66 heavy (non-hydrogen) atoms. The van der Waals surface area contributed by atoms with Crippen LogP contribution in [0, 0.1) is 0 Å². The predicted octanol–water partition coefficient (Wildman–Crippen LogP) is 16.2. The molecule has 312 valence electrons. The van der Waals surface area contributed by atoms with Crippen molar-refractivity contribution in [2.45, 2.75) is 30.1 Å². The summed E-state index contributed by atoms with van der Waals surface area (Å²) in [5, 5.41) is 0. The highest BCUT2D eigenvalue weighted by Gasteiger charge is 2.53. The lowest BCUT2D eigenvalue weighted by Crippen LogP contribution is -2.40. The maximum atomic E-state index is 2.52. The number of benzene rings is 10. The topological polar surface area (TPSA) is 3.24 Å². The van der Waals surface area contributed by atoms with Crippen LogP contribution < -0.4 is 4.90 Å². The van der Waals surface area contributed by atoms with Gasteiger partial charge >= 0.3 is 0 Å². The summed E-state index contributed by atoms with van der Waals surface area (Å²) in [7, 11) is 0. The molecule has 1 spiro atoms. The Morgan fingerprint density at radius 3 is 1.30 bits per heavy atom. The van der Waals surface area contributed by atoms with Gasteiger partial charge in [-0.25, -0.2) is 0 Å². The van der Waals surface area contributed by atoms with Crippen molar-refractivity contribution in [1.82, 2.24) is 0 Å². The van der Waals surface area contributed by atoms with E-state index in [4.69, 9.17) is 0 Å². The van der Waals surface area contributed by atoms with Gasteiger partial charge in [0.1, 0.15) is 0 Å². The number of fused-ring (bicyclic) bond motifs is 12. The minimum Gasteiger partial charge on any atom is -0.310 e. The van der Waals surface area contributed by atoms with E-state index < -0.39 is 10.8 Å². The van der Waals surface area contributed by atoms with E-state index >= 15 is 0 Å². The lowest BCUT2D eigenvalue weighted by atomic mass is 9.55. The molecule has 0 atom stereocenters. The fourth-order valence-electron chi connectivity index (χ4n) is 12.5. The second-order valence-corrected chi connectivity index (χ2v) is 18.7. The first-order valence-electron chi connectivity index (χ1n) is 23.3. The molecule has 0 bridgehead atoms. The molecule has 0 fully saturated rings. The largest absolute Gasteiger partial charge is 0.310 e. The van der Waals surface area contributed by atoms with Gasteiger partial charge in [-0.2, -0.15) is 0 Å². The molecular formula is C65H47N. The van der Waals surface area contributed by atoms with Crippen LogP contribution in [-0.2, 0) is 16.2 Å². The molecular weight excluding hydrogens is 795 g/mol. The number of rotatable bonds is 6. The van der Waals surface area contributed by atoms with E-state index in [1.165, 1.54) is 89.0 Å². The Morgan fingerprint density at radius 2 is 0.712 bits per heavy atom. The molecule has 0 aliphatic heterocycles. The van der Waals surface area contributed by atoms with Crippen LogP contribution in [-0.4, -0.2) is 0 Å². The summed E-state index contributed by atoms with van der Waals surface area (Å²) in [5.74, 6) is 0. The van der Waals surface area contributed by atoms with Gasteiger partial charge in [-0.05, 0) is 120 Å². The molecule has 0 unspecified atom stereocenters. The number of hydrogen-bond acceptors (Lipinski definition) is 1. The quantitative estimate of drug-likeness (QED) is 0.161. The molecule has 13 rings (SSSR count). The average molecular weight is 842 g/mol. The zero-order valence-corrected chi connectivity index (χ0v) is 37.1. The van der Waals surface area contributed by atoms with E-state index in [2.05, 4.69) is 267 Å². The second-order valence-electron chi connectivity index (χ2n) is 18.7. The van der Waals surface area contributed by atoms with Crippen molar-refractivity contribution < 1.29 is 0 Å². The van der Waals surface area contributed by atoms with Gasteiger partial charge in [0.05, 0.1) is 16.5 Å². The van der Waals surface area contributed by atoms with Crippen molar-refractivity contribution in [2.75, 3.05) is 4.90 Å². The first-order valence-corrected chi connectivity index (χ1v) is 23.3. The van der Waals surface area contributed by atoms with Gasteiger partial charge < -0.3 is 4.90 Å². The van der Waals surface area contributed by atoms with Gasteiger partial charge in [-0.15, -0.1) is 0 Å². The summed E-state index contributed by atoms with van der Waals surface area (Å²) in [6, 6.07) is 93.0. The van der Waals surface area contributed by atoms with Crippen LogP contribution in [0.25, 0.3) is 33.4 Å². The monoisotopic (exact) mass is 841 g/mol. The van der Waals surface area contributed by atoms with Gasteiger partial charge in [0.2, 0.25) is 0 Å². The third-order valence-corrected chi connectivity index (χ3v) is 15.2. The number of anilines is 3. The standard InChI is InChI=1S/C65H47N/c1-63(2)57-34-18-19-35-59(57)65(55-32-16-12-27-50(55)51-28-13-17-33-56(51)65)60-43-45(39-42-58(60)63)44-37-40-49(41-38-44)66(48-25-10-5-11-26-48)61-36-20-30-53-52-29-14-15-31-54(52)64(62(53)61,46-21-6-3-7-22-46)47-23-8-4-9-24-47/h3-43H,1-2H3. The van der Waals surface area contributed by atoms with E-state index in [9.17, 15) is 0 Å². The van der Waals surface area contributed by atoms with Gasteiger partial charge in [0, 0.05) is 22.4 Å². The van der Waals surface area contributed by atoms with Crippen molar-refractivity contribution in [3.63, 3.8) is 0 Å². The van der Waals surface area contributed by atoms with Crippen LogP contribution >= 0.6 is 0 Å². The molecule has 10 aromatic carbocycles. The van der Waals surface area contributed by atoms with Crippen LogP contribution in [0.4, 0.5) is 17.1 Å². The lowest BCUT2D eigenvalue weighted by molar-refractivity contribution is 0.563. The predicted molar refractivity (Wildman–Crippen MR) is 273 cm³/mol. The highest BCUT2D eigenvalue weighted by molar-refractivity contribution is 5.95. The molecule has 3 aliphatic rings. The second kappa shape index (κ2) is 14.5. The summed E-state index contributed by atoms with van der Waals surface area (Å²) in [6.45, 7) is 4.81. The zero-order valence-electron chi connectivity index (χ0n) is 37.1. The van der Waals surface area contributed by atoms with Crippen molar-refractivity contribution in [2.24, 2.45) is 0 Å². The first kappa shape index (κ1) is 38.5. The van der Waals surface area contributed by atoms with Gasteiger partial charge in [0.25, 0.3) is 0 Å². The van der Waals surface area contributed by atoms with Gasteiger partial charge in [-0.1, -0.05) is 226 Å². The molecule has 0 saturated heterocycles. The molecule has 10 aromatic rings. The summed E-state index contributed by atoms with van der Waals surface area (Å²) in [5.41, 5.74) is 23.1. The minimum atomic E-state index is -0.555. The summed E-state index contributed by atoms with van der Waals surface area (Å²) in [4.78, 5) is 2.48. The van der Waals surface area contributed by atoms with E-state index in [0.29, 0.717) is 0 Å². The number of nitrogens with zero attached hydrogens (tertiary/aromatic N) is 1. The third-order valence-electron chi connectivity index (χ3n) is 15.2. The molecule has 0 N–H and O–H groups in total. The Labute approximate surface area is 388 Å². The zero-order chi connectivity index (χ0) is 44.0. The summed E-state index contributed by atoms with van der Waals surface area (Å²) >= 11 is 0. The maximum Gasteiger partial charge on any atom is 0.0734 e. The third kappa shape index (κ3) is 5.17. The minimum absolute atomic E-state index is 0.188. The smallest absolute Gasteiger partial charge is 0.0734 e. The Morgan fingerprint density at radius 1 is 0.288 bits per heavy atom. The van der Waals surface area contributed by atoms with Crippen LogP contribution in [0.5, 0.6) is 0 Å². The maximum absolute atomic E-state index is 2.52. The van der Waals surface area contributed by atoms with Crippen molar-refractivity contribution >= 4 is 17.1 Å². The SMILES string of the molecule is CC1(C)c2ccccc2C2(c3ccccc3-c3ccccc32)c2cc(-c3ccc(N(c4ccccc4)c4cccc5c4C(c4ccccc4)(c4ccccc4)c4ccccc4-5)cc3)ccc21. The average Bonchev–Trinajstić information content (AvgIpc) is 3.86. The Bertz CT molecular complexity index is 3410. The molecule has 0 radical (unpaired) electrons. The van der Waals surface area contributed by atoms with Crippen LogP contribution in [0.15, 0.2) is 249 Å². The van der Waals surface area contributed by atoms with E-state index in [0.717, 1.165) is 17.1 Å². The molecule has 0 amide bonds. The van der Waals surface area contributed by atoms with Crippen LogP contribution in [0.3, 0.4) is 0 Å². The van der Waals surface area contributed by atoms with Crippen molar-refractivity contribution in [3.8, 4) is 33.4 Å². The lowest BCUT2D eigenvalue weighted by Gasteiger charge is -2.46. The summed E-state index contributed by atoms with van der Waals surface area (Å²) in [6.07, 6.45) is 0. The van der Waals surface area contributed by atoms with Gasteiger partial charge in [0.15, 0.2) is 0 Å². The van der Waals surface area contributed by atoms with E-state index in [-0.39, 0.29) is 5.41 Å². The molecule has 0 saturated carbocycles. The fourth-order valence-corrected chi connectivity index (χ4v) is 12.5. The number of para-hydroxylation sites is 1. The molecule has 1 heteroatoms. The highest BCUT2D eigenvalue weighted by atomic mass is 15.1. The fraction of sp³-hybridized carbons (Fsp3) is 0.0769. The number of hydrogen-bond donors (Lipinski definition) is 0. The van der Waals surface area contributed by atoms with E-state index in [1.54, 1.807) is 0 Å². The summed E-state index contributed by atoms with van der Waals surface area (Å²) < 4.78 is 0. The van der Waals surface area contributed by atoms with Crippen molar-refractivity contribution in [1.29, 1.82) is 0 Å². The van der Waals surface area contributed by atoms with Crippen LogP contribution in [0.2, 0.25) is 0 Å². The van der Waals surface area contributed by atoms with Crippen LogP contribution in [0.1, 0.15) is 69.5 Å². The Balaban J connectivity index is 1.01. The van der Waals surface area contributed by atoms with Gasteiger partial charge in [-0.3, -0.25) is 0 Å². The Hall–Kier alpha value is -8.00. The highest BCUT2D eigenvalue weighted by Crippen LogP contribution is 2.63.